The van der Waals surface area contributed by atoms with Crippen molar-refractivity contribution in [3.05, 3.63) is 35.7 Å². The van der Waals surface area contributed by atoms with Gasteiger partial charge in [-0.05, 0) is 12.1 Å². The Bertz CT molecular complexity index is 553. The van der Waals surface area contributed by atoms with E-state index in [1.807, 2.05) is 0 Å². The van der Waals surface area contributed by atoms with Crippen molar-refractivity contribution in [1.29, 1.82) is 0 Å². The van der Waals surface area contributed by atoms with Crippen LogP contribution >= 0.6 is 0 Å². The molecule has 0 saturated carbocycles. The van der Waals surface area contributed by atoms with Crippen LogP contribution in [-0.2, 0) is 0 Å². The van der Waals surface area contributed by atoms with Gasteiger partial charge < -0.3 is 9.63 Å². The van der Waals surface area contributed by atoms with Crippen LogP contribution in [0.5, 0.6) is 0 Å². The fourth-order valence-electron chi connectivity index (χ4n) is 1.09. The summed E-state index contributed by atoms with van der Waals surface area (Å²) >= 11 is 0. The Morgan fingerprint density at radius 3 is 2.69 bits per heavy atom. The number of halogens is 2. The highest BCUT2D eigenvalue weighted by atomic mass is 19.1. The highest BCUT2D eigenvalue weighted by Crippen LogP contribution is 2.20. The molecule has 2 rings (SSSR count). The first kappa shape index (κ1) is 10.2. The first-order chi connectivity index (χ1) is 7.58. The molecule has 0 atom stereocenters. The van der Waals surface area contributed by atoms with Crippen LogP contribution in [0.15, 0.2) is 22.7 Å². The van der Waals surface area contributed by atoms with Gasteiger partial charge in [0.2, 0.25) is 5.82 Å². The summed E-state index contributed by atoms with van der Waals surface area (Å²) in [7, 11) is 0. The Morgan fingerprint density at radius 2 is 2.12 bits per heavy atom. The molecule has 0 saturated heterocycles. The molecule has 0 unspecified atom stereocenters. The number of carboxylic acid groups (broad SMARTS) is 1. The lowest BCUT2D eigenvalue weighted by atomic mass is 10.2. The number of aromatic carboxylic acids is 1. The molecule has 0 radical (unpaired) electrons. The summed E-state index contributed by atoms with van der Waals surface area (Å²) in [4.78, 5) is 13.9. The van der Waals surface area contributed by atoms with Crippen molar-refractivity contribution in [3.63, 3.8) is 0 Å². The molecule has 1 aromatic carbocycles. The van der Waals surface area contributed by atoms with Gasteiger partial charge in [-0.3, -0.25) is 0 Å². The number of carboxylic acids is 1. The second-order valence-electron chi connectivity index (χ2n) is 2.85. The number of hydrogen-bond acceptors (Lipinski definition) is 4. The first-order valence-electron chi connectivity index (χ1n) is 4.10. The molecule has 1 aromatic heterocycles. The monoisotopic (exact) mass is 226 g/mol. The van der Waals surface area contributed by atoms with Crippen molar-refractivity contribution in [2.24, 2.45) is 0 Å². The maximum Gasteiger partial charge on any atom is 0.394 e. The molecule has 1 N–H and O–H groups in total. The quantitative estimate of drug-likeness (QED) is 0.843. The molecule has 7 heteroatoms. The SMILES string of the molecule is O=C(O)c1nc(-c2ccc(F)cc2F)no1. The molecule has 0 bridgehead atoms. The molecule has 82 valence electrons. The number of rotatable bonds is 2. The lowest BCUT2D eigenvalue weighted by Crippen LogP contribution is -1.96. The van der Waals surface area contributed by atoms with Crippen molar-refractivity contribution in [2.45, 2.75) is 0 Å². The molecule has 0 aliphatic heterocycles. The second kappa shape index (κ2) is 3.69. The van der Waals surface area contributed by atoms with Crippen LogP contribution in [0.2, 0.25) is 0 Å². The third-order valence-electron chi connectivity index (χ3n) is 1.78. The van der Waals surface area contributed by atoms with Crippen LogP contribution in [0.4, 0.5) is 8.78 Å². The van der Waals surface area contributed by atoms with E-state index >= 15 is 0 Å². The summed E-state index contributed by atoms with van der Waals surface area (Å²) in [6, 6.07) is 2.75. The predicted molar refractivity (Wildman–Crippen MR) is 46.6 cm³/mol. The Hall–Kier alpha value is -2.31. The highest BCUT2D eigenvalue weighted by Gasteiger charge is 2.17. The molecule has 0 fully saturated rings. The van der Waals surface area contributed by atoms with Crippen molar-refractivity contribution in [3.8, 4) is 11.4 Å². The highest BCUT2D eigenvalue weighted by molar-refractivity contribution is 5.82. The van der Waals surface area contributed by atoms with E-state index in [1.54, 1.807) is 0 Å². The maximum atomic E-state index is 13.2. The number of hydrogen-bond donors (Lipinski definition) is 1. The summed E-state index contributed by atoms with van der Waals surface area (Å²) in [5.74, 6) is -3.95. The Balaban J connectivity index is 2.46. The van der Waals surface area contributed by atoms with Crippen LogP contribution in [0.3, 0.4) is 0 Å². The molecule has 1 heterocycles. The van der Waals surface area contributed by atoms with Gasteiger partial charge in [-0.2, -0.15) is 4.98 Å². The number of benzene rings is 1. The third-order valence-corrected chi connectivity index (χ3v) is 1.78. The Labute approximate surface area is 87.3 Å². The second-order valence-corrected chi connectivity index (χ2v) is 2.85. The molecule has 0 amide bonds. The van der Waals surface area contributed by atoms with Gasteiger partial charge in [0.25, 0.3) is 0 Å². The molecule has 0 spiro atoms. The average molecular weight is 226 g/mol. The zero-order valence-electron chi connectivity index (χ0n) is 7.65. The van der Waals surface area contributed by atoms with Crippen LogP contribution in [0, 0.1) is 11.6 Å². The van der Waals surface area contributed by atoms with E-state index < -0.39 is 23.5 Å². The van der Waals surface area contributed by atoms with E-state index in [9.17, 15) is 13.6 Å². The molecule has 5 nitrogen and oxygen atoms in total. The fraction of sp³-hybridized carbons (Fsp3) is 0. The van der Waals surface area contributed by atoms with Gasteiger partial charge >= 0.3 is 11.9 Å². The lowest BCUT2D eigenvalue weighted by molar-refractivity contribution is 0.0643. The topological polar surface area (TPSA) is 76.2 Å². The summed E-state index contributed by atoms with van der Waals surface area (Å²) in [6.07, 6.45) is 0. The zero-order chi connectivity index (χ0) is 11.7. The average Bonchev–Trinajstić information content (AvgIpc) is 2.66. The summed E-state index contributed by atoms with van der Waals surface area (Å²) in [5.41, 5.74) is -0.127. The molecule has 16 heavy (non-hydrogen) atoms. The van der Waals surface area contributed by atoms with E-state index in [-0.39, 0.29) is 11.4 Å². The minimum absolute atomic E-state index is 0.127. The maximum absolute atomic E-state index is 13.2. The van der Waals surface area contributed by atoms with Gasteiger partial charge in [0.1, 0.15) is 11.6 Å². The van der Waals surface area contributed by atoms with E-state index in [0.717, 1.165) is 12.1 Å². The van der Waals surface area contributed by atoms with Crippen LogP contribution in [-0.4, -0.2) is 21.2 Å². The molecule has 2 aromatic rings. The normalized spacial score (nSPS) is 10.4. The smallest absolute Gasteiger partial charge is 0.394 e. The fourth-order valence-corrected chi connectivity index (χ4v) is 1.09. The van der Waals surface area contributed by atoms with E-state index in [2.05, 4.69) is 14.7 Å². The minimum atomic E-state index is -1.42. The summed E-state index contributed by atoms with van der Waals surface area (Å²) < 4.78 is 30.2. The summed E-state index contributed by atoms with van der Waals surface area (Å²) in [6.45, 7) is 0. The van der Waals surface area contributed by atoms with Gasteiger partial charge in [0.15, 0.2) is 0 Å². The van der Waals surface area contributed by atoms with Crippen molar-refractivity contribution in [1.82, 2.24) is 10.1 Å². The number of nitrogens with zero attached hydrogens (tertiary/aromatic N) is 2. The predicted octanol–water partition coefficient (Wildman–Crippen LogP) is 1.71. The summed E-state index contributed by atoms with van der Waals surface area (Å²) in [5, 5.41) is 11.8. The first-order valence-corrected chi connectivity index (χ1v) is 4.10. The Kier molecular flexibility index (Phi) is 2.35. The van der Waals surface area contributed by atoms with E-state index in [1.165, 1.54) is 0 Å². The number of aromatic nitrogens is 2. The standard InChI is InChI=1S/C9H4F2N2O3/c10-4-1-2-5(6(11)3-4)7-12-8(9(14)15)16-13-7/h1-3H,(H,14,15). The van der Waals surface area contributed by atoms with Crippen molar-refractivity contribution in [2.75, 3.05) is 0 Å². The van der Waals surface area contributed by atoms with Crippen LogP contribution in [0.25, 0.3) is 11.4 Å². The minimum Gasteiger partial charge on any atom is -0.474 e. The molecular formula is C9H4F2N2O3. The van der Waals surface area contributed by atoms with E-state index in [4.69, 9.17) is 5.11 Å². The van der Waals surface area contributed by atoms with E-state index in [0.29, 0.717) is 6.07 Å². The Morgan fingerprint density at radius 1 is 1.38 bits per heavy atom. The van der Waals surface area contributed by atoms with Crippen LogP contribution in [0.1, 0.15) is 10.7 Å². The van der Waals surface area contributed by atoms with Gasteiger partial charge in [-0.15, -0.1) is 0 Å². The van der Waals surface area contributed by atoms with Gasteiger partial charge in [0, 0.05) is 6.07 Å². The largest absolute Gasteiger partial charge is 0.474 e. The number of carbonyl (C=O) groups is 1. The lowest BCUT2D eigenvalue weighted by Gasteiger charge is -1.96. The van der Waals surface area contributed by atoms with Crippen LogP contribution < -0.4 is 0 Å². The van der Waals surface area contributed by atoms with Crippen molar-refractivity contribution < 1.29 is 23.2 Å². The third kappa shape index (κ3) is 1.74. The zero-order valence-corrected chi connectivity index (χ0v) is 7.65. The molecule has 0 aliphatic rings. The molecule has 0 aliphatic carbocycles. The van der Waals surface area contributed by atoms with Gasteiger partial charge in [-0.1, -0.05) is 5.16 Å². The van der Waals surface area contributed by atoms with Gasteiger partial charge in [0.05, 0.1) is 5.56 Å². The molecular weight excluding hydrogens is 222 g/mol. The van der Waals surface area contributed by atoms with Crippen molar-refractivity contribution >= 4 is 5.97 Å². The van der Waals surface area contributed by atoms with Gasteiger partial charge in [-0.25, -0.2) is 13.6 Å².